The molecule has 0 saturated carbocycles. The summed E-state index contributed by atoms with van der Waals surface area (Å²) in [6, 6.07) is 0. The van der Waals surface area contributed by atoms with Crippen molar-refractivity contribution in [2.24, 2.45) is 0 Å². The van der Waals surface area contributed by atoms with Gasteiger partial charge in [0.2, 0.25) is 0 Å². The molecule has 3 heteroatoms. The lowest BCUT2D eigenvalue weighted by atomic mass is 11.4. The predicted molar refractivity (Wildman–Crippen MR) is 34.3 cm³/mol. The van der Waals surface area contributed by atoms with Gasteiger partial charge in [-0.1, -0.05) is 0 Å². The van der Waals surface area contributed by atoms with Crippen molar-refractivity contribution in [3.63, 3.8) is 0 Å². The molecule has 0 radical (unpaired) electrons. The van der Waals surface area contributed by atoms with E-state index in [-0.39, 0.29) is 0 Å². The summed E-state index contributed by atoms with van der Waals surface area (Å²) < 4.78 is 10.7. The molecule has 0 bridgehead atoms. The number of nitrogens with one attached hydrogen (secondary N) is 1. The van der Waals surface area contributed by atoms with Gasteiger partial charge in [0.1, 0.15) is 0 Å². The Bertz CT molecular complexity index is 177. The van der Waals surface area contributed by atoms with Gasteiger partial charge in [-0.25, -0.2) is 0 Å². The molecule has 0 spiro atoms. The van der Waals surface area contributed by atoms with Crippen LogP contribution in [0, 0.1) is 24.2 Å². The van der Waals surface area contributed by atoms with E-state index >= 15 is 0 Å². The molecule has 1 N–H and O–H groups in total. The third kappa shape index (κ3) is 1.43. The fourth-order valence-corrected chi connectivity index (χ4v) is 0.499. The zero-order valence-electron chi connectivity index (χ0n) is 4.51. The molecule has 2 nitrogen and oxygen atoms in total. The van der Waals surface area contributed by atoms with Gasteiger partial charge in [0.25, 0.3) is 7.29 Å². The molecule has 0 unspecified atom stereocenters. The van der Waals surface area contributed by atoms with Crippen LogP contribution in [-0.2, 0) is 4.57 Å². The Hall–Kier alpha value is -0.690. The summed E-state index contributed by atoms with van der Waals surface area (Å²) in [5.74, 6) is 0. The fourth-order valence-electron chi connectivity index (χ4n) is 0.166. The van der Waals surface area contributed by atoms with Gasteiger partial charge in [-0.3, -0.25) is 9.65 Å². The van der Waals surface area contributed by atoms with Gasteiger partial charge in [-0.2, -0.15) is 0 Å². The molecule has 0 fully saturated rings. The Morgan fingerprint density at radius 2 is 1.88 bits per heavy atom. The van der Waals surface area contributed by atoms with E-state index in [9.17, 15) is 4.57 Å². The molecule has 8 heavy (non-hydrogen) atoms. The van der Waals surface area contributed by atoms with Gasteiger partial charge in [-0.05, 0) is 18.4 Å². The van der Waals surface area contributed by atoms with Crippen molar-refractivity contribution in [2.45, 2.75) is 0 Å². The van der Waals surface area contributed by atoms with E-state index in [1.807, 2.05) is 11.3 Å². The average molecular weight is 127 g/mol. The first-order valence-electron chi connectivity index (χ1n) is 1.93. The standard InChI is InChI=1S/C5H6NOP/c1-4-8(7,5-2)6-3/h1-2H,3H3,(H,6,7). The lowest BCUT2D eigenvalue weighted by Crippen LogP contribution is -1.97. The normalized spacial score (nSPS) is 9.38. The van der Waals surface area contributed by atoms with Crippen molar-refractivity contribution >= 4 is 7.29 Å². The van der Waals surface area contributed by atoms with E-state index in [1.54, 1.807) is 0 Å². The summed E-state index contributed by atoms with van der Waals surface area (Å²) in [4.78, 5) is 0. The topological polar surface area (TPSA) is 29.1 Å². The lowest BCUT2D eigenvalue weighted by molar-refractivity contribution is 0.583. The molecule has 0 heterocycles. The molecule has 0 atom stereocenters. The molecule has 0 aromatic carbocycles. The Kier molecular flexibility index (Phi) is 2.35. The van der Waals surface area contributed by atoms with E-state index in [4.69, 9.17) is 12.8 Å². The van der Waals surface area contributed by atoms with E-state index in [2.05, 4.69) is 5.09 Å². The van der Waals surface area contributed by atoms with Crippen molar-refractivity contribution < 1.29 is 4.57 Å². The highest BCUT2D eigenvalue weighted by molar-refractivity contribution is 7.71. The first-order valence-corrected chi connectivity index (χ1v) is 3.64. The molecule has 0 saturated heterocycles. The van der Waals surface area contributed by atoms with E-state index in [0.29, 0.717) is 0 Å². The summed E-state index contributed by atoms with van der Waals surface area (Å²) in [6.07, 6.45) is 9.62. The number of rotatable bonds is 1. The molecule has 0 aromatic rings. The van der Waals surface area contributed by atoms with Crippen molar-refractivity contribution in [3.05, 3.63) is 0 Å². The van der Waals surface area contributed by atoms with Crippen LogP contribution < -0.4 is 5.09 Å². The van der Waals surface area contributed by atoms with Crippen molar-refractivity contribution in [3.8, 4) is 24.2 Å². The zero-order valence-corrected chi connectivity index (χ0v) is 5.40. The van der Waals surface area contributed by atoms with E-state index in [1.165, 1.54) is 7.05 Å². The van der Waals surface area contributed by atoms with Crippen molar-refractivity contribution in [1.29, 1.82) is 0 Å². The van der Waals surface area contributed by atoms with Gasteiger partial charge in [0, 0.05) is 0 Å². The maximum absolute atomic E-state index is 10.7. The van der Waals surface area contributed by atoms with Gasteiger partial charge in [0.05, 0.1) is 0 Å². The Labute approximate surface area is 49.1 Å². The second-order valence-corrected chi connectivity index (χ2v) is 3.27. The summed E-state index contributed by atoms with van der Waals surface area (Å²) >= 11 is 0. The maximum Gasteiger partial charge on any atom is 0.285 e. The monoisotopic (exact) mass is 127 g/mol. The summed E-state index contributed by atoms with van der Waals surface area (Å²) in [6.45, 7) is 0. The van der Waals surface area contributed by atoms with Crippen LogP contribution in [-0.4, -0.2) is 7.05 Å². The predicted octanol–water partition coefficient (Wildman–Crippen LogP) is 0.665. The van der Waals surface area contributed by atoms with Crippen LogP contribution in [0.3, 0.4) is 0 Å². The van der Waals surface area contributed by atoms with Crippen molar-refractivity contribution in [1.82, 2.24) is 5.09 Å². The molecule has 0 aromatic heterocycles. The zero-order chi connectivity index (χ0) is 6.62. The van der Waals surface area contributed by atoms with Gasteiger partial charge in [0.15, 0.2) is 0 Å². The maximum atomic E-state index is 10.7. The van der Waals surface area contributed by atoms with Crippen LogP contribution in [0.2, 0.25) is 0 Å². The molecule has 0 aliphatic rings. The van der Waals surface area contributed by atoms with Crippen molar-refractivity contribution in [2.75, 3.05) is 7.05 Å². The Balaban J connectivity index is 4.38. The minimum atomic E-state index is -2.86. The van der Waals surface area contributed by atoms with E-state index in [0.717, 1.165) is 0 Å². The average Bonchev–Trinajstić information content (AvgIpc) is 1.87. The van der Waals surface area contributed by atoms with Crippen LogP contribution in [0.25, 0.3) is 0 Å². The van der Waals surface area contributed by atoms with Crippen LogP contribution in [0.4, 0.5) is 0 Å². The van der Waals surface area contributed by atoms with Crippen LogP contribution in [0.15, 0.2) is 0 Å². The van der Waals surface area contributed by atoms with E-state index < -0.39 is 7.29 Å². The van der Waals surface area contributed by atoms with Crippen LogP contribution in [0.1, 0.15) is 0 Å². The van der Waals surface area contributed by atoms with Gasteiger partial charge < -0.3 is 0 Å². The quantitative estimate of drug-likeness (QED) is 0.414. The van der Waals surface area contributed by atoms with Gasteiger partial charge >= 0.3 is 0 Å². The molecular formula is C5H6NOP. The molecule has 0 aliphatic heterocycles. The molecular weight excluding hydrogens is 121 g/mol. The molecule has 0 amide bonds. The molecule has 42 valence electrons. The summed E-state index contributed by atoms with van der Waals surface area (Å²) in [7, 11) is -1.38. The van der Waals surface area contributed by atoms with Crippen LogP contribution >= 0.6 is 7.29 Å². The minimum absolute atomic E-state index is 1.47. The number of terminal acetylenes is 2. The summed E-state index contributed by atoms with van der Waals surface area (Å²) in [5.41, 5.74) is 3.97. The highest BCUT2D eigenvalue weighted by Gasteiger charge is 2.08. The third-order valence-corrected chi connectivity index (χ3v) is 2.04. The number of hydrogen-bond acceptors (Lipinski definition) is 1. The Morgan fingerprint density at radius 1 is 1.50 bits per heavy atom. The number of hydrogen-bond donors (Lipinski definition) is 1. The third-order valence-electron chi connectivity index (χ3n) is 0.679. The largest absolute Gasteiger partial charge is 0.285 e. The van der Waals surface area contributed by atoms with Gasteiger partial charge in [-0.15, -0.1) is 12.8 Å². The van der Waals surface area contributed by atoms with Crippen LogP contribution in [0.5, 0.6) is 0 Å². The first kappa shape index (κ1) is 7.31. The smallest absolute Gasteiger partial charge is 0.278 e. The molecule has 0 rings (SSSR count). The molecule has 0 aliphatic carbocycles. The second kappa shape index (κ2) is 2.58. The first-order chi connectivity index (χ1) is 3.68. The summed E-state index contributed by atoms with van der Waals surface area (Å²) in [5, 5.41) is 2.36. The fraction of sp³-hybridized carbons (Fsp3) is 0.200. The lowest BCUT2D eigenvalue weighted by Gasteiger charge is -1.97. The second-order valence-electron chi connectivity index (χ2n) is 1.09. The highest BCUT2D eigenvalue weighted by Crippen LogP contribution is 2.35. The minimum Gasteiger partial charge on any atom is -0.278 e. The Morgan fingerprint density at radius 3 is 1.88 bits per heavy atom. The highest BCUT2D eigenvalue weighted by atomic mass is 31.2. The SMILES string of the molecule is C#CP(=O)(C#C)NC.